The molecule has 2 aromatic heterocycles. The largest absolute Gasteiger partial charge is 0.378 e. The summed E-state index contributed by atoms with van der Waals surface area (Å²) in [4.78, 5) is 6.93. The Balaban J connectivity index is 1.38. The van der Waals surface area contributed by atoms with Crippen LogP contribution in [0.5, 0.6) is 0 Å². The standard InChI is InChI=1S/C22H20FN5OS2/c23-17-8-6-16(7-9-17)20-24-18(14-30-20)15-31-22-26-25-21(27-10-12-29-13-11-27)28(22)19-4-2-1-3-5-19/h1-9,14H,10-13,15H2. The summed E-state index contributed by atoms with van der Waals surface area (Å²) in [6.07, 6.45) is 0. The lowest BCUT2D eigenvalue weighted by atomic mass is 10.2. The molecular weight excluding hydrogens is 433 g/mol. The highest BCUT2D eigenvalue weighted by atomic mass is 32.2. The van der Waals surface area contributed by atoms with E-state index in [0.717, 1.165) is 46.1 Å². The van der Waals surface area contributed by atoms with Gasteiger partial charge in [0.15, 0.2) is 5.16 Å². The molecule has 1 fully saturated rings. The minimum absolute atomic E-state index is 0.243. The molecule has 3 heterocycles. The van der Waals surface area contributed by atoms with Crippen molar-refractivity contribution in [1.82, 2.24) is 19.7 Å². The number of anilines is 1. The van der Waals surface area contributed by atoms with Crippen molar-refractivity contribution >= 4 is 29.0 Å². The summed E-state index contributed by atoms with van der Waals surface area (Å²) in [6, 6.07) is 16.6. The summed E-state index contributed by atoms with van der Waals surface area (Å²) >= 11 is 3.17. The van der Waals surface area contributed by atoms with E-state index in [1.807, 2.05) is 23.6 Å². The van der Waals surface area contributed by atoms with E-state index in [4.69, 9.17) is 9.72 Å². The summed E-state index contributed by atoms with van der Waals surface area (Å²) in [6.45, 7) is 2.97. The second-order valence-electron chi connectivity index (χ2n) is 6.99. The third kappa shape index (κ3) is 4.48. The Morgan fingerprint density at radius 2 is 1.77 bits per heavy atom. The minimum atomic E-state index is -0.243. The molecule has 0 aliphatic carbocycles. The van der Waals surface area contributed by atoms with Gasteiger partial charge in [-0.25, -0.2) is 9.37 Å². The van der Waals surface area contributed by atoms with Crippen molar-refractivity contribution in [3.63, 3.8) is 0 Å². The maximum atomic E-state index is 13.2. The topological polar surface area (TPSA) is 56.1 Å². The van der Waals surface area contributed by atoms with Crippen molar-refractivity contribution in [2.45, 2.75) is 10.9 Å². The number of benzene rings is 2. The van der Waals surface area contributed by atoms with Gasteiger partial charge in [-0.05, 0) is 36.4 Å². The monoisotopic (exact) mass is 453 g/mol. The molecule has 0 bridgehead atoms. The van der Waals surface area contributed by atoms with E-state index in [1.54, 1.807) is 35.2 Å². The summed E-state index contributed by atoms with van der Waals surface area (Å²) in [5.41, 5.74) is 2.91. The first-order valence-corrected chi connectivity index (χ1v) is 11.8. The molecule has 4 aromatic rings. The lowest BCUT2D eigenvalue weighted by Gasteiger charge is -2.27. The molecule has 0 radical (unpaired) electrons. The number of rotatable bonds is 6. The summed E-state index contributed by atoms with van der Waals surface area (Å²) < 4.78 is 20.8. The molecule has 0 saturated carbocycles. The van der Waals surface area contributed by atoms with Crippen LogP contribution < -0.4 is 4.90 Å². The van der Waals surface area contributed by atoms with E-state index >= 15 is 0 Å². The fraction of sp³-hybridized carbons (Fsp3) is 0.227. The van der Waals surface area contributed by atoms with Gasteiger partial charge in [-0.3, -0.25) is 4.57 Å². The molecule has 1 aliphatic rings. The van der Waals surface area contributed by atoms with Crippen molar-refractivity contribution in [3.05, 3.63) is 71.5 Å². The van der Waals surface area contributed by atoms with Gasteiger partial charge in [0, 0.05) is 29.8 Å². The van der Waals surface area contributed by atoms with E-state index in [-0.39, 0.29) is 5.82 Å². The molecule has 6 nitrogen and oxygen atoms in total. The Bertz CT molecular complexity index is 1140. The highest BCUT2D eigenvalue weighted by Crippen LogP contribution is 2.31. The molecule has 9 heteroatoms. The van der Waals surface area contributed by atoms with Crippen molar-refractivity contribution in [1.29, 1.82) is 0 Å². The molecule has 31 heavy (non-hydrogen) atoms. The Labute approximate surface area is 187 Å². The quantitative estimate of drug-likeness (QED) is 0.396. The lowest BCUT2D eigenvalue weighted by Crippen LogP contribution is -2.37. The second-order valence-corrected chi connectivity index (χ2v) is 8.79. The smallest absolute Gasteiger partial charge is 0.232 e. The highest BCUT2D eigenvalue weighted by molar-refractivity contribution is 7.98. The molecule has 0 amide bonds. The van der Waals surface area contributed by atoms with Crippen LogP contribution in [0.25, 0.3) is 16.3 Å². The van der Waals surface area contributed by atoms with Crippen LogP contribution in [0.2, 0.25) is 0 Å². The summed E-state index contributed by atoms with van der Waals surface area (Å²) in [7, 11) is 0. The molecule has 0 N–H and O–H groups in total. The first-order chi connectivity index (χ1) is 15.3. The maximum Gasteiger partial charge on any atom is 0.232 e. The second kappa shape index (κ2) is 9.17. The predicted molar refractivity (Wildman–Crippen MR) is 121 cm³/mol. The zero-order chi connectivity index (χ0) is 21.0. The molecule has 0 spiro atoms. The number of ether oxygens (including phenoxy) is 1. The average molecular weight is 454 g/mol. The van der Waals surface area contributed by atoms with Crippen molar-refractivity contribution in [2.24, 2.45) is 0 Å². The van der Waals surface area contributed by atoms with Gasteiger partial charge in [-0.1, -0.05) is 30.0 Å². The third-order valence-corrected chi connectivity index (χ3v) is 6.82. The number of aromatic nitrogens is 4. The maximum absolute atomic E-state index is 13.2. The number of thiazole rings is 1. The van der Waals surface area contributed by atoms with Crippen LogP contribution in [0.1, 0.15) is 5.69 Å². The number of morpholine rings is 1. The Kier molecular flexibility index (Phi) is 5.97. The van der Waals surface area contributed by atoms with Gasteiger partial charge in [0.25, 0.3) is 0 Å². The zero-order valence-electron chi connectivity index (χ0n) is 16.6. The number of thioether (sulfide) groups is 1. The van der Waals surface area contributed by atoms with E-state index in [2.05, 4.69) is 31.8 Å². The number of hydrogen-bond donors (Lipinski definition) is 0. The number of hydrogen-bond acceptors (Lipinski definition) is 7. The Morgan fingerprint density at radius 3 is 2.55 bits per heavy atom. The molecule has 0 unspecified atom stereocenters. The van der Waals surface area contributed by atoms with Gasteiger partial charge in [-0.2, -0.15) is 0 Å². The molecule has 1 aliphatic heterocycles. The first-order valence-electron chi connectivity index (χ1n) is 9.94. The summed E-state index contributed by atoms with van der Waals surface area (Å²) in [5, 5.41) is 12.7. The predicted octanol–water partition coefficient (Wildman–Crippen LogP) is 4.66. The molecule has 0 atom stereocenters. The molecule has 158 valence electrons. The minimum Gasteiger partial charge on any atom is -0.378 e. The van der Waals surface area contributed by atoms with E-state index < -0.39 is 0 Å². The van der Waals surface area contributed by atoms with Crippen LogP contribution in [-0.2, 0) is 10.5 Å². The normalized spacial score (nSPS) is 14.2. The number of halogens is 1. The molecular formula is C22H20FN5OS2. The highest BCUT2D eigenvalue weighted by Gasteiger charge is 2.22. The van der Waals surface area contributed by atoms with E-state index in [9.17, 15) is 4.39 Å². The van der Waals surface area contributed by atoms with Gasteiger partial charge >= 0.3 is 0 Å². The third-order valence-electron chi connectivity index (χ3n) is 4.92. The van der Waals surface area contributed by atoms with Crippen molar-refractivity contribution < 1.29 is 9.13 Å². The van der Waals surface area contributed by atoms with Gasteiger partial charge in [0.05, 0.1) is 24.6 Å². The SMILES string of the molecule is Fc1ccc(-c2nc(CSc3nnc(N4CCOCC4)n3-c3ccccc3)cs2)cc1. The van der Waals surface area contributed by atoms with Crippen LogP contribution >= 0.6 is 23.1 Å². The van der Waals surface area contributed by atoms with Crippen molar-refractivity contribution in [3.8, 4) is 16.3 Å². The molecule has 2 aromatic carbocycles. The van der Waals surface area contributed by atoms with Crippen LogP contribution in [0.4, 0.5) is 10.3 Å². The van der Waals surface area contributed by atoms with Crippen LogP contribution in [0.3, 0.4) is 0 Å². The van der Waals surface area contributed by atoms with Gasteiger partial charge in [-0.15, -0.1) is 21.5 Å². The average Bonchev–Trinajstić information content (AvgIpc) is 3.47. The number of para-hydroxylation sites is 1. The van der Waals surface area contributed by atoms with E-state index in [1.165, 1.54) is 12.1 Å². The van der Waals surface area contributed by atoms with Gasteiger partial charge in [0.1, 0.15) is 10.8 Å². The van der Waals surface area contributed by atoms with E-state index in [0.29, 0.717) is 19.0 Å². The first kappa shape index (κ1) is 20.2. The number of nitrogens with zero attached hydrogens (tertiary/aromatic N) is 5. The fourth-order valence-electron chi connectivity index (χ4n) is 3.36. The fourth-order valence-corrected chi connectivity index (χ4v) is 5.13. The van der Waals surface area contributed by atoms with Crippen molar-refractivity contribution in [2.75, 3.05) is 31.2 Å². The Morgan fingerprint density at radius 1 is 1.00 bits per heavy atom. The summed E-state index contributed by atoms with van der Waals surface area (Å²) in [5.74, 6) is 1.26. The van der Waals surface area contributed by atoms with Crippen LogP contribution in [0.15, 0.2) is 65.1 Å². The van der Waals surface area contributed by atoms with Gasteiger partial charge < -0.3 is 9.64 Å². The molecule has 5 rings (SSSR count). The van der Waals surface area contributed by atoms with Crippen LogP contribution in [-0.4, -0.2) is 46.1 Å². The van der Waals surface area contributed by atoms with Gasteiger partial charge in [0.2, 0.25) is 5.95 Å². The zero-order valence-corrected chi connectivity index (χ0v) is 18.3. The lowest BCUT2D eigenvalue weighted by molar-refractivity contribution is 0.122. The molecule has 1 saturated heterocycles. The Hall–Kier alpha value is -2.75. The van der Waals surface area contributed by atoms with Crippen LogP contribution in [0, 0.1) is 5.82 Å².